The van der Waals surface area contributed by atoms with Gasteiger partial charge in [-0.3, -0.25) is 4.98 Å². The zero-order valence-corrected chi connectivity index (χ0v) is 12.8. The van der Waals surface area contributed by atoms with Crippen molar-refractivity contribution < 1.29 is 0 Å². The molecule has 1 unspecified atom stereocenters. The lowest BCUT2D eigenvalue weighted by Gasteiger charge is -2.12. The number of hydrogen-bond acceptors (Lipinski definition) is 3. The number of rotatable bonds is 6. The molecule has 0 saturated carbocycles. The molecule has 108 valence electrons. The fourth-order valence-electron chi connectivity index (χ4n) is 2.31. The maximum Gasteiger partial charge on any atom is 0.0832 e. The molecule has 2 aromatic heterocycles. The molecule has 1 N–H and O–H groups in total. The number of aromatic nitrogens is 3. The van der Waals surface area contributed by atoms with Crippen molar-refractivity contribution in [3.63, 3.8) is 0 Å². The normalized spacial score (nSPS) is 12.6. The van der Waals surface area contributed by atoms with Crippen molar-refractivity contribution >= 4 is 0 Å². The van der Waals surface area contributed by atoms with Gasteiger partial charge in [-0.05, 0) is 44.5 Å². The summed E-state index contributed by atoms with van der Waals surface area (Å²) in [6.07, 6.45) is 3.85. The highest BCUT2D eigenvalue weighted by molar-refractivity contribution is 5.32. The number of pyridine rings is 1. The molecule has 0 bridgehead atoms. The van der Waals surface area contributed by atoms with Crippen LogP contribution in [0.2, 0.25) is 0 Å². The number of aryl methyl sites for hydroxylation is 2. The predicted octanol–water partition coefficient (Wildman–Crippen LogP) is 3.06. The van der Waals surface area contributed by atoms with E-state index in [4.69, 9.17) is 0 Å². The Bertz CT molecular complexity index is 542. The van der Waals surface area contributed by atoms with E-state index >= 15 is 0 Å². The van der Waals surface area contributed by atoms with Crippen molar-refractivity contribution in [2.45, 2.75) is 46.6 Å². The summed E-state index contributed by atoms with van der Waals surface area (Å²) < 4.78 is 2.01. The quantitative estimate of drug-likeness (QED) is 0.879. The minimum Gasteiger partial charge on any atom is -0.309 e. The molecule has 0 aliphatic carbocycles. The Morgan fingerprint density at radius 3 is 2.55 bits per heavy atom. The van der Waals surface area contributed by atoms with Gasteiger partial charge in [-0.15, -0.1) is 0 Å². The van der Waals surface area contributed by atoms with Crippen molar-refractivity contribution in [2.75, 3.05) is 6.54 Å². The van der Waals surface area contributed by atoms with Crippen molar-refractivity contribution in [1.29, 1.82) is 0 Å². The first-order chi connectivity index (χ1) is 9.69. The van der Waals surface area contributed by atoms with Gasteiger partial charge in [-0.1, -0.05) is 20.8 Å². The Kier molecular flexibility index (Phi) is 4.90. The van der Waals surface area contributed by atoms with Crippen molar-refractivity contribution in [3.05, 3.63) is 41.5 Å². The first-order valence-electron chi connectivity index (χ1n) is 7.47. The van der Waals surface area contributed by atoms with Crippen LogP contribution in [0.25, 0.3) is 5.69 Å². The smallest absolute Gasteiger partial charge is 0.0832 e. The highest BCUT2D eigenvalue weighted by Gasteiger charge is 2.09. The summed E-state index contributed by atoms with van der Waals surface area (Å²) >= 11 is 0. The second kappa shape index (κ2) is 6.66. The Morgan fingerprint density at radius 2 is 2.00 bits per heavy atom. The summed E-state index contributed by atoms with van der Waals surface area (Å²) in [6.45, 7) is 9.47. The van der Waals surface area contributed by atoms with Gasteiger partial charge >= 0.3 is 0 Å². The Morgan fingerprint density at radius 1 is 1.20 bits per heavy atom. The molecule has 4 heteroatoms. The fourth-order valence-corrected chi connectivity index (χ4v) is 2.31. The van der Waals surface area contributed by atoms with Crippen molar-refractivity contribution in [1.82, 2.24) is 20.1 Å². The van der Waals surface area contributed by atoms with Gasteiger partial charge in [0.15, 0.2) is 0 Å². The first kappa shape index (κ1) is 14.7. The molecule has 0 aromatic carbocycles. The van der Waals surface area contributed by atoms with Crippen LogP contribution >= 0.6 is 0 Å². The highest BCUT2D eigenvalue weighted by Crippen LogP contribution is 2.16. The van der Waals surface area contributed by atoms with E-state index in [2.05, 4.69) is 61.3 Å². The number of hydrogen-bond donors (Lipinski definition) is 1. The standard InChI is InChI=1S/C16H24N4/c1-5-13-10-14(6-2)20(19-13)15-8-9-16(18-11-15)12(4)17-7-3/h8-12,17H,5-7H2,1-4H3. The minimum atomic E-state index is 0.281. The molecule has 0 radical (unpaired) electrons. The number of nitrogens with zero attached hydrogens (tertiary/aromatic N) is 3. The molecule has 4 nitrogen and oxygen atoms in total. The monoisotopic (exact) mass is 272 g/mol. The van der Waals surface area contributed by atoms with E-state index in [0.717, 1.165) is 36.5 Å². The third-order valence-electron chi connectivity index (χ3n) is 3.53. The van der Waals surface area contributed by atoms with Gasteiger partial charge in [-0.2, -0.15) is 5.10 Å². The fraction of sp³-hybridized carbons (Fsp3) is 0.500. The zero-order chi connectivity index (χ0) is 14.5. The predicted molar refractivity (Wildman–Crippen MR) is 82.2 cm³/mol. The van der Waals surface area contributed by atoms with Gasteiger partial charge in [0.2, 0.25) is 0 Å². The van der Waals surface area contributed by atoms with E-state index in [-0.39, 0.29) is 6.04 Å². The molecule has 2 rings (SSSR count). The van der Waals surface area contributed by atoms with Gasteiger partial charge in [0.1, 0.15) is 0 Å². The maximum absolute atomic E-state index is 4.64. The van der Waals surface area contributed by atoms with Crippen molar-refractivity contribution in [2.24, 2.45) is 0 Å². The summed E-state index contributed by atoms with van der Waals surface area (Å²) in [5, 5.41) is 8.01. The largest absolute Gasteiger partial charge is 0.309 e. The lowest BCUT2D eigenvalue weighted by Crippen LogP contribution is -2.18. The molecular weight excluding hydrogens is 248 g/mol. The van der Waals surface area contributed by atoms with Crippen LogP contribution in [0.5, 0.6) is 0 Å². The summed E-state index contributed by atoms with van der Waals surface area (Å²) in [7, 11) is 0. The van der Waals surface area contributed by atoms with E-state index in [1.807, 2.05) is 10.9 Å². The van der Waals surface area contributed by atoms with E-state index in [9.17, 15) is 0 Å². The van der Waals surface area contributed by atoms with Crippen LogP contribution < -0.4 is 5.32 Å². The first-order valence-corrected chi connectivity index (χ1v) is 7.47. The zero-order valence-electron chi connectivity index (χ0n) is 12.8. The van der Waals surface area contributed by atoms with Crippen LogP contribution in [0.1, 0.15) is 50.8 Å². The van der Waals surface area contributed by atoms with Gasteiger partial charge in [-0.25, -0.2) is 4.68 Å². The summed E-state index contributed by atoms with van der Waals surface area (Å²) in [4.78, 5) is 4.56. The molecule has 0 aliphatic heterocycles. The molecule has 0 spiro atoms. The van der Waals surface area contributed by atoms with Crippen molar-refractivity contribution in [3.8, 4) is 5.69 Å². The molecule has 20 heavy (non-hydrogen) atoms. The second-order valence-electron chi connectivity index (χ2n) is 4.97. The SMILES string of the molecule is CCNC(C)c1ccc(-n2nc(CC)cc2CC)cn1. The highest BCUT2D eigenvalue weighted by atomic mass is 15.3. The van der Waals surface area contributed by atoms with Crippen LogP contribution in [0.15, 0.2) is 24.4 Å². The van der Waals surface area contributed by atoms with E-state index < -0.39 is 0 Å². The average Bonchev–Trinajstić information content (AvgIpc) is 2.91. The molecule has 1 atom stereocenters. The third kappa shape index (κ3) is 3.07. The lowest BCUT2D eigenvalue weighted by atomic mass is 10.2. The molecule has 0 amide bonds. The van der Waals surface area contributed by atoms with Gasteiger partial charge in [0, 0.05) is 11.7 Å². The van der Waals surface area contributed by atoms with Crippen LogP contribution in [0.3, 0.4) is 0 Å². The average molecular weight is 272 g/mol. The molecule has 2 aromatic rings. The molecule has 0 saturated heterocycles. The van der Waals surface area contributed by atoms with Crippen LogP contribution in [0, 0.1) is 0 Å². The van der Waals surface area contributed by atoms with Gasteiger partial charge < -0.3 is 5.32 Å². The molecule has 2 heterocycles. The Hall–Kier alpha value is -1.68. The van der Waals surface area contributed by atoms with Crippen LogP contribution in [0.4, 0.5) is 0 Å². The summed E-state index contributed by atoms with van der Waals surface area (Å²) in [5.41, 5.74) is 4.47. The summed E-state index contributed by atoms with van der Waals surface area (Å²) in [5.74, 6) is 0. The summed E-state index contributed by atoms with van der Waals surface area (Å²) in [6, 6.07) is 6.63. The topological polar surface area (TPSA) is 42.7 Å². The van der Waals surface area contributed by atoms with Gasteiger partial charge in [0.05, 0.1) is 23.3 Å². The minimum absolute atomic E-state index is 0.281. The molecule has 0 aliphatic rings. The van der Waals surface area contributed by atoms with Crippen LogP contribution in [-0.2, 0) is 12.8 Å². The second-order valence-corrected chi connectivity index (χ2v) is 4.97. The van der Waals surface area contributed by atoms with Crippen LogP contribution in [-0.4, -0.2) is 21.3 Å². The maximum atomic E-state index is 4.64. The van der Waals surface area contributed by atoms with Gasteiger partial charge in [0.25, 0.3) is 0 Å². The Labute approximate surface area is 121 Å². The Balaban J connectivity index is 2.27. The molecular formula is C16H24N4. The number of nitrogens with one attached hydrogen (secondary N) is 1. The lowest BCUT2D eigenvalue weighted by molar-refractivity contribution is 0.583. The van der Waals surface area contributed by atoms with E-state index in [1.165, 1.54) is 5.69 Å². The third-order valence-corrected chi connectivity index (χ3v) is 3.53. The molecule has 0 fully saturated rings. The van der Waals surface area contributed by atoms with E-state index in [0.29, 0.717) is 0 Å². The van der Waals surface area contributed by atoms with E-state index in [1.54, 1.807) is 0 Å².